The van der Waals surface area contributed by atoms with Gasteiger partial charge in [-0.1, -0.05) is 6.07 Å². The van der Waals surface area contributed by atoms with Crippen molar-refractivity contribution in [3.05, 3.63) is 34.3 Å². The minimum atomic E-state index is -1.10. The number of nitrogens with one attached hydrogen (secondary N) is 1. The number of carboxylic acids is 1. The highest BCUT2D eigenvalue weighted by Crippen LogP contribution is 2.21. The van der Waals surface area contributed by atoms with Gasteiger partial charge in [0.2, 0.25) is 0 Å². The van der Waals surface area contributed by atoms with Crippen molar-refractivity contribution in [2.45, 2.75) is 12.1 Å². The molecule has 2 atom stereocenters. The average Bonchev–Trinajstić information content (AvgIpc) is 2.65. The summed E-state index contributed by atoms with van der Waals surface area (Å²) in [7, 11) is 3.23. The van der Waals surface area contributed by atoms with E-state index in [1.54, 1.807) is 32.3 Å². The maximum atomic E-state index is 11.4. The second-order valence-corrected chi connectivity index (χ2v) is 4.28. The summed E-state index contributed by atoms with van der Waals surface area (Å²) in [6.07, 6.45) is 0. The SMILES string of the molecule is CNC(c1ccc2c(c1)oc(=O)n2C)C(N)C(=O)O. The van der Waals surface area contributed by atoms with Gasteiger partial charge in [0.15, 0.2) is 5.58 Å². The molecule has 1 aromatic carbocycles. The number of nitrogens with zero attached hydrogens (tertiary/aromatic N) is 1. The third-order valence-corrected chi connectivity index (χ3v) is 3.13. The zero-order chi connectivity index (χ0) is 14.2. The molecule has 0 bridgehead atoms. The van der Waals surface area contributed by atoms with Crippen LogP contribution in [-0.2, 0) is 11.8 Å². The number of aliphatic carboxylic acids is 1. The van der Waals surface area contributed by atoms with E-state index in [-0.39, 0.29) is 0 Å². The molecule has 1 aromatic heterocycles. The summed E-state index contributed by atoms with van der Waals surface area (Å²) in [5, 5.41) is 11.8. The quantitative estimate of drug-likeness (QED) is 0.706. The summed E-state index contributed by atoms with van der Waals surface area (Å²) >= 11 is 0. The van der Waals surface area contributed by atoms with E-state index in [1.165, 1.54) is 4.57 Å². The second kappa shape index (κ2) is 4.87. The van der Waals surface area contributed by atoms with E-state index >= 15 is 0 Å². The molecule has 4 N–H and O–H groups in total. The molecular weight excluding hydrogens is 250 g/mol. The van der Waals surface area contributed by atoms with Crippen LogP contribution in [0.25, 0.3) is 11.1 Å². The molecule has 0 radical (unpaired) electrons. The first kappa shape index (κ1) is 13.3. The van der Waals surface area contributed by atoms with E-state index in [4.69, 9.17) is 15.3 Å². The Kier molecular flexibility index (Phi) is 3.41. The minimum absolute atomic E-state index is 0.405. The van der Waals surface area contributed by atoms with Crippen LogP contribution in [-0.4, -0.2) is 28.7 Å². The molecule has 102 valence electrons. The fraction of sp³-hybridized carbons (Fsp3) is 0.333. The molecule has 7 heteroatoms. The van der Waals surface area contributed by atoms with Crippen LogP contribution in [0.3, 0.4) is 0 Å². The molecule has 0 aliphatic heterocycles. The van der Waals surface area contributed by atoms with Crippen molar-refractivity contribution >= 4 is 17.1 Å². The average molecular weight is 265 g/mol. The summed E-state index contributed by atoms with van der Waals surface area (Å²) in [6.45, 7) is 0. The Morgan fingerprint density at radius 3 is 2.79 bits per heavy atom. The first-order chi connectivity index (χ1) is 8.95. The molecule has 7 nitrogen and oxygen atoms in total. The highest BCUT2D eigenvalue weighted by molar-refractivity contribution is 5.76. The third kappa shape index (κ3) is 2.25. The molecule has 0 aliphatic carbocycles. The highest BCUT2D eigenvalue weighted by atomic mass is 16.4. The number of likely N-dealkylation sites (N-methyl/N-ethyl adjacent to an activating group) is 1. The normalized spacial score (nSPS) is 14.5. The Bertz CT molecular complexity index is 673. The predicted molar refractivity (Wildman–Crippen MR) is 68.9 cm³/mol. The largest absolute Gasteiger partial charge is 0.480 e. The van der Waals surface area contributed by atoms with Crippen molar-refractivity contribution in [3.63, 3.8) is 0 Å². The van der Waals surface area contributed by atoms with Crippen LogP contribution < -0.4 is 16.8 Å². The van der Waals surface area contributed by atoms with Gasteiger partial charge in [-0.15, -0.1) is 0 Å². The summed E-state index contributed by atoms with van der Waals surface area (Å²) in [5.41, 5.74) is 7.33. The van der Waals surface area contributed by atoms with Crippen molar-refractivity contribution in [1.82, 2.24) is 9.88 Å². The topological polar surface area (TPSA) is 110 Å². The van der Waals surface area contributed by atoms with Gasteiger partial charge in [-0.05, 0) is 24.7 Å². The van der Waals surface area contributed by atoms with E-state index in [0.717, 1.165) is 0 Å². The third-order valence-electron chi connectivity index (χ3n) is 3.13. The van der Waals surface area contributed by atoms with Gasteiger partial charge in [-0.25, -0.2) is 4.79 Å². The van der Waals surface area contributed by atoms with Gasteiger partial charge < -0.3 is 20.6 Å². The number of carboxylic acid groups (broad SMARTS) is 1. The summed E-state index contributed by atoms with van der Waals surface area (Å²) in [5.74, 6) is -1.57. The van der Waals surface area contributed by atoms with Crippen LogP contribution >= 0.6 is 0 Å². The molecule has 2 rings (SSSR count). The number of hydrogen-bond acceptors (Lipinski definition) is 5. The monoisotopic (exact) mass is 265 g/mol. The van der Waals surface area contributed by atoms with Crippen molar-refractivity contribution in [3.8, 4) is 0 Å². The number of oxazole rings is 1. The van der Waals surface area contributed by atoms with Crippen LogP contribution in [0.4, 0.5) is 0 Å². The van der Waals surface area contributed by atoms with E-state index < -0.39 is 23.8 Å². The Morgan fingerprint density at radius 1 is 1.53 bits per heavy atom. The Balaban J connectivity index is 2.50. The fourth-order valence-corrected chi connectivity index (χ4v) is 2.04. The highest BCUT2D eigenvalue weighted by Gasteiger charge is 2.25. The second-order valence-electron chi connectivity index (χ2n) is 4.28. The zero-order valence-corrected chi connectivity index (χ0v) is 10.6. The van der Waals surface area contributed by atoms with Gasteiger partial charge in [0, 0.05) is 7.05 Å². The van der Waals surface area contributed by atoms with Crippen LogP contribution in [0.1, 0.15) is 11.6 Å². The molecule has 0 amide bonds. The molecule has 1 heterocycles. The maximum absolute atomic E-state index is 11.4. The Morgan fingerprint density at radius 2 is 2.21 bits per heavy atom. The van der Waals surface area contributed by atoms with Crippen molar-refractivity contribution < 1.29 is 14.3 Å². The van der Waals surface area contributed by atoms with E-state index in [1.807, 2.05) is 0 Å². The number of rotatable bonds is 4. The van der Waals surface area contributed by atoms with E-state index in [0.29, 0.717) is 16.7 Å². The minimum Gasteiger partial charge on any atom is -0.480 e. The molecule has 2 unspecified atom stereocenters. The first-order valence-electron chi connectivity index (χ1n) is 5.71. The van der Waals surface area contributed by atoms with Crippen LogP contribution in [0, 0.1) is 0 Å². The van der Waals surface area contributed by atoms with E-state index in [2.05, 4.69) is 5.32 Å². The molecule has 0 aliphatic rings. The Hall–Kier alpha value is -2.12. The summed E-state index contributed by atoms with van der Waals surface area (Å²) in [4.78, 5) is 22.3. The van der Waals surface area contributed by atoms with Gasteiger partial charge in [-0.2, -0.15) is 0 Å². The smallest absolute Gasteiger partial charge is 0.419 e. The number of nitrogens with two attached hydrogens (primary N) is 1. The zero-order valence-electron chi connectivity index (χ0n) is 10.6. The Labute approximate surface area is 108 Å². The lowest BCUT2D eigenvalue weighted by molar-refractivity contribution is -0.139. The predicted octanol–water partition coefficient (Wildman–Crippen LogP) is -0.196. The number of aromatic nitrogens is 1. The number of carbonyl (C=O) groups is 1. The lowest BCUT2D eigenvalue weighted by Gasteiger charge is -2.20. The fourth-order valence-electron chi connectivity index (χ4n) is 2.04. The number of fused-ring (bicyclic) bond motifs is 1. The number of benzene rings is 1. The van der Waals surface area contributed by atoms with Crippen molar-refractivity contribution in [1.29, 1.82) is 0 Å². The van der Waals surface area contributed by atoms with Crippen LogP contribution in [0.2, 0.25) is 0 Å². The molecule has 2 aromatic rings. The van der Waals surface area contributed by atoms with Gasteiger partial charge in [-0.3, -0.25) is 9.36 Å². The van der Waals surface area contributed by atoms with Gasteiger partial charge in [0.05, 0.1) is 11.6 Å². The van der Waals surface area contributed by atoms with Crippen molar-refractivity contribution in [2.24, 2.45) is 12.8 Å². The molecule has 0 spiro atoms. The van der Waals surface area contributed by atoms with Crippen LogP contribution in [0.15, 0.2) is 27.4 Å². The molecule has 0 fully saturated rings. The van der Waals surface area contributed by atoms with Gasteiger partial charge in [0.1, 0.15) is 6.04 Å². The molecule has 19 heavy (non-hydrogen) atoms. The summed E-state index contributed by atoms with van der Waals surface area (Å²) < 4.78 is 6.45. The van der Waals surface area contributed by atoms with Crippen molar-refractivity contribution in [2.75, 3.05) is 7.05 Å². The first-order valence-corrected chi connectivity index (χ1v) is 5.71. The number of hydrogen-bond donors (Lipinski definition) is 3. The van der Waals surface area contributed by atoms with Gasteiger partial charge >= 0.3 is 11.7 Å². The van der Waals surface area contributed by atoms with Gasteiger partial charge in [0.25, 0.3) is 0 Å². The van der Waals surface area contributed by atoms with E-state index in [9.17, 15) is 9.59 Å². The maximum Gasteiger partial charge on any atom is 0.419 e. The molecule has 0 saturated carbocycles. The van der Waals surface area contributed by atoms with Crippen LogP contribution in [0.5, 0.6) is 0 Å². The molecule has 0 saturated heterocycles. The molecular formula is C12H15N3O4. The standard InChI is InChI=1S/C12H15N3O4/c1-14-10(9(13)11(16)17)6-3-4-7-8(5-6)19-12(18)15(7)2/h3-5,9-10,14H,13H2,1-2H3,(H,16,17). The lowest BCUT2D eigenvalue weighted by Crippen LogP contribution is -2.42. The summed E-state index contributed by atoms with van der Waals surface area (Å²) in [6, 6.07) is 3.40. The number of aryl methyl sites for hydroxylation is 1. The lowest BCUT2D eigenvalue weighted by atomic mass is 10.00.